The van der Waals surface area contributed by atoms with Crippen molar-refractivity contribution in [2.45, 2.75) is 6.54 Å². The van der Waals surface area contributed by atoms with E-state index in [4.69, 9.17) is 0 Å². The second-order valence-corrected chi connectivity index (χ2v) is 6.47. The van der Waals surface area contributed by atoms with Crippen molar-refractivity contribution in [2.75, 3.05) is 5.32 Å². The van der Waals surface area contributed by atoms with Crippen molar-refractivity contribution in [1.29, 1.82) is 0 Å². The molecule has 0 unspecified atom stereocenters. The molecule has 0 aliphatic carbocycles. The van der Waals surface area contributed by atoms with Crippen molar-refractivity contribution in [2.24, 2.45) is 0 Å². The second kappa shape index (κ2) is 5.54. The lowest BCUT2D eigenvalue weighted by molar-refractivity contribution is 0.803. The lowest BCUT2D eigenvalue weighted by Crippen LogP contribution is -2.04. The Morgan fingerprint density at radius 2 is 2.11 bits per heavy atom. The molecular formula is C13H11BrN4S. The predicted molar refractivity (Wildman–Crippen MR) is 80.7 cm³/mol. The Bertz CT molecular complexity index is 663. The smallest absolute Gasteiger partial charge is 0.0894 e. The number of hydrogen-bond donors (Lipinski definition) is 1. The Hall–Kier alpha value is -1.66. The Morgan fingerprint density at radius 1 is 1.21 bits per heavy atom. The van der Waals surface area contributed by atoms with Gasteiger partial charge in [-0.15, -0.1) is 16.4 Å². The molecule has 0 fully saturated rings. The molecule has 0 radical (unpaired) electrons. The van der Waals surface area contributed by atoms with Crippen molar-refractivity contribution < 1.29 is 0 Å². The van der Waals surface area contributed by atoms with Crippen LogP contribution in [0.15, 0.2) is 52.6 Å². The normalized spacial score (nSPS) is 10.6. The summed E-state index contributed by atoms with van der Waals surface area (Å²) in [6, 6.07) is 12.2. The van der Waals surface area contributed by atoms with Crippen LogP contribution in [0.3, 0.4) is 0 Å². The van der Waals surface area contributed by atoms with Crippen LogP contribution in [0.2, 0.25) is 0 Å². The van der Waals surface area contributed by atoms with Crippen molar-refractivity contribution in [3.8, 4) is 5.69 Å². The first-order valence-electron chi connectivity index (χ1n) is 5.77. The van der Waals surface area contributed by atoms with Crippen LogP contribution in [-0.2, 0) is 6.54 Å². The third-order valence-electron chi connectivity index (χ3n) is 2.66. The van der Waals surface area contributed by atoms with Gasteiger partial charge in [0.15, 0.2) is 0 Å². The van der Waals surface area contributed by atoms with Gasteiger partial charge in [0.2, 0.25) is 0 Å². The summed E-state index contributed by atoms with van der Waals surface area (Å²) < 4.78 is 2.90. The van der Waals surface area contributed by atoms with E-state index in [-0.39, 0.29) is 0 Å². The van der Waals surface area contributed by atoms with Gasteiger partial charge in [-0.25, -0.2) is 4.68 Å². The van der Waals surface area contributed by atoms with Crippen molar-refractivity contribution in [3.05, 3.63) is 57.5 Å². The van der Waals surface area contributed by atoms with Crippen molar-refractivity contribution >= 4 is 33.0 Å². The van der Waals surface area contributed by atoms with Crippen LogP contribution in [0.1, 0.15) is 4.88 Å². The molecule has 0 aliphatic heterocycles. The standard InChI is InChI=1S/C13H11BrN4S/c14-13-6-5-10(19-13)9-15-11-3-1-2-4-12(11)18-8-7-16-17-18/h1-8,15H,9H2. The summed E-state index contributed by atoms with van der Waals surface area (Å²) >= 11 is 5.20. The van der Waals surface area contributed by atoms with E-state index >= 15 is 0 Å². The molecule has 6 heteroatoms. The van der Waals surface area contributed by atoms with Crippen LogP contribution >= 0.6 is 27.3 Å². The molecule has 2 aromatic heterocycles. The minimum Gasteiger partial charge on any atom is -0.378 e. The lowest BCUT2D eigenvalue weighted by Gasteiger charge is -2.10. The molecule has 19 heavy (non-hydrogen) atoms. The molecule has 2 heterocycles. The van der Waals surface area contributed by atoms with Gasteiger partial charge in [-0.3, -0.25) is 0 Å². The zero-order chi connectivity index (χ0) is 13.1. The predicted octanol–water partition coefficient (Wildman–Crippen LogP) is 3.70. The van der Waals surface area contributed by atoms with Gasteiger partial charge in [-0.05, 0) is 40.2 Å². The average molecular weight is 335 g/mol. The van der Waals surface area contributed by atoms with E-state index < -0.39 is 0 Å². The minimum atomic E-state index is 0.794. The van der Waals surface area contributed by atoms with E-state index in [1.54, 1.807) is 22.2 Å². The molecule has 1 N–H and O–H groups in total. The Kier molecular flexibility index (Phi) is 3.61. The number of anilines is 1. The molecule has 3 aromatic rings. The fraction of sp³-hybridized carbons (Fsp3) is 0.0769. The van der Waals surface area contributed by atoms with Gasteiger partial charge < -0.3 is 5.32 Å². The third-order valence-corrected chi connectivity index (χ3v) is 4.28. The summed E-state index contributed by atoms with van der Waals surface area (Å²) in [7, 11) is 0. The Morgan fingerprint density at radius 3 is 2.84 bits per heavy atom. The number of rotatable bonds is 4. The maximum Gasteiger partial charge on any atom is 0.0894 e. The van der Waals surface area contributed by atoms with E-state index in [9.17, 15) is 0 Å². The van der Waals surface area contributed by atoms with Gasteiger partial charge in [-0.2, -0.15) is 0 Å². The number of para-hydroxylation sites is 2. The fourth-order valence-electron chi connectivity index (χ4n) is 1.79. The number of hydrogen-bond acceptors (Lipinski definition) is 4. The second-order valence-electron chi connectivity index (χ2n) is 3.92. The first-order chi connectivity index (χ1) is 9.33. The molecule has 0 spiro atoms. The number of thiophene rings is 1. The number of nitrogens with one attached hydrogen (secondary N) is 1. The van der Waals surface area contributed by atoms with Crippen LogP contribution in [-0.4, -0.2) is 15.0 Å². The zero-order valence-electron chi connectivity index (χ0n) is 9.95. The fourth-order valence-corrected chi connectivity index (χ4v) is 3.21. The van der Waals surface area contributed by atoms with Gasteiger partial charge in [0.05, 0.1) is 27.6 Å². The highest BCUT2D eigenvalue weighted by molar-refractivity contribution is 9.11. The first-order valence-corrected chi connectivity index (χ1v) is 7.38. The van der Waals surface area contributed by atoms with E-state index in [2.05, 4.69) is 43.7 Å². The Labute approximate surface area is 123 Å². The van der Waals surface area contributed by atoms with Crippen molar-refractivity contribution in [1.82, 2.24) is 15.0 Å². The zero-order valence-corrected chi connectivity index (χ0v) is 12.4. The molecule has 0 saturated heterocycles. The van der Waals surface area contributed by atoms with Gasteiger partial charge in [0.1, 0.15) is 0 Å². The number of nitrogens with zero attached hydrogens (tertiary/aromatic N) is 3. The molecule has 1 aromatic carbocycles. The minimum absolute atomic E-state index is 0.794. The molecule has 0 bridgehead atoms. The van der Waals surface area contributed by atoms with Gasteiger partial charge >= 0.3 is 0 Å². The molecule has 96 valence electrons. The highest BCUT2D eigenvalue weighted by atomic mass is 79.9. The van der Waals surface area contributed by atoms with Crippen LogP contribution in [0.25, 0.3) is 5.69 Å². The quantitative estimate of drug-likeness (QED) is 0.790. The maximum absolute atomic E-state index is 4.03. The van der Waals surface area contributed by atoms with Gasteiger partial charge in [0.25, 0.3) is 0 Å². The highest BCUT2D eigenvalue weighted by Crippen LogP contribution is 2.24. The summed E-state index contributed by atoms with van der Waals surface area (Å²) in [4.78, 5) is 1.28. The number of halogens is 1. The van der Waals surface area contributed by atoms with Crippen LogP contribution in [0.4, 0.5) is 5.69 Å². The monoisotopic (exact) mass is 334 g/mol. The van der Waals surface area contributed by atoms with Crippen LogP contribution < -0.4 is 5.32 Å². The van der Waals surface area contributed by atoms with Gasteiger partial charge in [0, 0.05) is 11.4 Å². The first kappa shape index (κ1) is 12.4. The molecule has 0 aliphatic rings. The van der Waals surface area contributed by atoms with E-state index in [1.807, 2.05) is 30.5 Å². The Balaban J connectivity index is 1.81. The summed E-state index contributed by atoms with van der Waals surface area (Å²) in [6.45, 7) is 0.794. The molecule has 0 amide bonds. The molecule has 0 saturated carbocycles. The van der Waals surface area contributed by atoms with Gasteiger partial charge in [-0.1, -0.05) is 17.3 Å². The van der Waals surface area contributed by atoms with E-state index in [1.165, 1.54) is 4.88 Å². The maximum atomic E-state index is 4.03. The summed E-state index contributed by atoms with van der Waals surface area (Å²) in [5.74, 6) is 0. The van der Waals surface area contributed by atoms with E-state index in [0.29, 0.717) is 0 Å². The SMILES string of the molecule is Brc1ccc(CNc2ccccc2-n2ccnn2)s1. The van der Waals surface area contributed by atoms with E-state index in [0.717, 1.165) is 21.7 Å². The molecule has 4 nitrogen and oxygen atoms in total. The van der Waals surface area contributed by atoms with Crippen LogP contribution in [0.5, 0.6) is 0 Å². The topological polar surface area (TPSA) is 42.7 Å². The van der Waals surface area contributed by atoms with Crippen LogP contribution in [0, 0.1) is 0 Å². The largest absolute Gasteiger partial charge is 0.378 e. The molecule has 3 rings (SSSR count). The van der Waals surface area contributed by atoms with Crippen molar-refractivity contribution in [3.63, 3.8) is 0 Å². The molecular weight excluding hydrogens is 324 g/mol. The number of aromatic nitrogens is 3. The highest BCUT2D eigenvalue weighted by Gasteiger charge is 2.05. The third kappa shape index (κ3) is 2.85. The lowest BCUT2D eigenvalue weighted by atomic mass is 10.2. The summed E-state index contributed by atoms with van der Waals surface area (Å²) in [6.07, 6.45) is 3.51. The summed E-state index contributed by atoms with van der Waals surface area (Å²) in [5.41, 5.74) is 2.04. The summed E-state index contributed by atoms with van der Waals surface area (Å²) in [5, 5.41) is 11.3. The average Bonchev–Trinajstić information content (AvgIpc) is 3.08. The number of benzene rings is 1. The molecule has 0 atom stereocenters.